The molecular formula is C12H21N3O2. The third kappa shape index (κ3) is 3.85. The Labute approximate surface area is 102 Å². The first kappa shape index (κ1) is 13.7. The molecule has 0 saturated heterocycles. The van der Waals surface area contributed by atoms with Crippen molar-refractivity contribution in [3.63, 3.8) is 0 Å². The maximum Gasteiger partial charge on any atom is 0.273 e. The highest BCUT2D eigenvalue weighted by molar-refractivity contribution is 5.92. The zero-order valence-electron chi connectivity index (χ0n) is 11.0. The summed E-state index contributed by atoms with van der Waals surface area (Å²) < 4.78 is 4.99. The number of nitrogens with one attached hydrogen (secondary N) is 1. The molecule has 1 amide bonds. The Morgan fingerprint density at radius 1 is 1.59 bits per heavy atom. The largest absolute Gasteiger partial charge is 0.361 e. The smallest absolute Gasteiger partial charge is 0.273 e. The summed E-state index contributed by atoms with van der Waals surface area (Å²) in [7, 11) is 2.03. The van der Waals surface area contributed by atoms with Gasteiger partial charge in [0.25, 0.3) is 5.91 Å². The Balaban J connectivity index is 2.44. The van der Waals surface area contributed by atoms with Crippen LogP contribution in [0.3, 0.4) is 0 Å². The number of aryl methyl sites for hydroxylation is 1. The molecule has 0 aliphatic rings. The number of amides is 1. The van der Waals surface area contributed by atoms with Crippen molar-refractivity contribution in [2.24, 2.45) is 0 Å². The molecule has 1 N–H and O–H groups in total. The van der Waals surface area contributed by atoms with Crippen molar-refractivity contribution < 1.29 is 9.32 Å². The van der Waals surface area contributed by atoms with E-state index in [9.17, 15) is 4.79 Å². The van der Waals surface area contributed by atoms with Gasteiger partial charge in [-0.25, -0.2) is 0 Å². The number of carbonyl (C=O) groups excluding carboxylic acids is 1. The first-order chi connectivity index (χ1) is 8.08. The van der Waals surface area contributed by atoms with Gasteiger partial charge in [0.15, 0.2) is 5.69 Å². The maximum atomic E-state index is 11.7. The first-order valence-corrected chi connectivity index (χ1v) is 6.02. The molecule has 5 nitrogen and oxygen atoms in total. The average molecular weight is 239 g/mol. The number of hydrogen-bond acceptors (Lipinski definition) is 4. The summed E-state index contributed by atoms with van der Waals surface area (Å²) in [5.74, 6) is 0.554. The van der Waals surface area contributed by atoms with Crippen LogP contribution in [0.5, 0.6) is 0 Å². The molecule has 1 heterocycles. The van der Waals surface area contributed by atoms with E-state index in [2.05, 4.69) is 29.2 Å². The number of nitrogens with zero attached hydrogens (tertiary/aromatic N) is 2. The summed E-state index contributed by atoms with van der Waals surface area (Å²) in [6.07, 6.45) is 0.745. The third-order valence-corrected chi connectivity index (χ3v) is 2.95. The minimum Gasteiger partial charge on any atom is -0.361 e. The molecule has 5 heteroatoms. The second kappa shape index (κ2) is 6.39. The van der Waals surface area contributed by atoms with E-state index in [1.807, 2.05) is 14.0 Å². The number of carbonyl (C=O) groups is 1. The molecule has 96 valence electrons. The molecule has 1 unspecified atom stereocenters. The van der Waals surface area contributed by atoms with Crippen LogP contribution in [0.2, 0.25) is 0 Å². The van der Waals surface area contributed by atoms with E-state index in [0.717, 1.165) is 18.7 Å². The molecule has 0 aliphatic heterocycles. The SMILES string of the molecule is CCc1cc(C(=O)NCC(C)N(C)CC)no1. The fourth-order valence-electron chi connectivity index (χ4n) is 1.39. The van der Waals surface area contributed by atoms with Crippen LogP contribution in [0.1, 0.15) is 37.0 Å². The lowest BCUT2D eigenvalue weighted by Gasteiger charge is -2.22. The zero-order chi connectivity index (χ0) is 12.8. The van der Waals surface area contributed by atoms with Gasteiger partial charge < -0.3 is 14.7 Å². The van der Waals surface area contributed by atoms with Crippen LogP contribution >= 0.6 is 0 Å². The topological polar surface area (TPSA) is 58.4 Å². The Hall–Kier alpha value is -1.36. The molecule has 17 heavy (non-hydrogen) atoms. The molecule has 1 aromatic rings. The minimum atomic E-state index is -0.176. The number of aromatic nitrogens is 1. The Morgan fingerprint density at radius 2 is 2.29 bits per heavy atom. The molecule has 0 spiro atoms. The van der Waals surface area contributed by atoms with Crippen LogP contribution in [0.25, 0.3) is 0 Å². The van der Waals surface area contributed by atoms with Gasteiger partial charge in [0.05, 0.1) is 0 Å². The van der Waals surface area contributed by atoms with Crippen molar-refractivity contribution in [3.05, 3.63) is 17.5 Å². The molecule has 0 radical (unpaired) electrons. The van der Waals surface area contributed by atoms with Crippen LogP contribution < -0.4 is 5.32 Å². The van der Waals surface area contributed by atoms with E-state index in [0.29, 0.717) is 18.3 Å². The van der Waals surface area contributed by atoms with E-state index in [1.54, 1.807) is 6.07 Å². The molecule has 1 rings (SSSR count). The number of likely N-dealkylation sites (N-methyl/N-ethyl adjacent to an activating group) is 1. The summed E-state index contributed by atoms with van der Waals surface area (Å²) in [6.45, 7) is 7.69. The Morgan fingerprint density at radius 3 is 2.82 bits per heavy atom. The molecule has 0 saturated carbocycles. The summed E-state index contributed by atoms with van der Waals surface area (Å²) in [6, 6.07) is 1.99. The van der Waals surface area contributed by atoms with E-state index in [1.165, 1.54) is 0 Å². The average Bonchev–Trinajstić information content (AvgIpc) is 2.83. The van der Waals surface area contributed by atoms with Gasteiger partial charge in [-0.15, -0.1) is 0 Å². The summed E-state index contributed by atoms with van der Waals surface area (Å²) >= 11 is 0. The minimum absolute atomic E-state index is 0.176. The lowest BCUT2D eigenvalue weighted by Crippen LogP contribution is -2.40. The van der Waals surface area contributed by atoms with Crippen LogP contribution in [-0.2, 0) is 6.42 Å². The predicted molar refractivity (Wildman–Crippen MR) is 66.0 cm³/mol. The summed E-state index contributed by atoms with van der Waals surface area (Å²) in [5, 5.41) is 6.58. The molecule has 1 atom stereocenters. The first-order valence-electron chi connectivity index (χ1n) is 6.02. The molecule has 0 fully saturated rings. The zero-order valence-corrected chi connectivity index (χ0v) is 11.0. The summed E-state index contributed by atoms with van der Waals surface area (Å²) in [5.41, 5.74) is 0.355. The van der Waals surface area contributed by atoms with Gasteiger partial charge in [0.2, 0.25) is 0 Å². The van der Waals surface area contributed by atoms with Gasteiger partial charge in [-0.3, -0.25) is 4.79 Å². The van der Waals surface area contributed by atoms with E-state index >= 15 is 0 Å². The van der Waals surface area contributed by atoms with Crippen LogP contribution in [0.15, 0.2) is 10.6 Å². The van der Waals surface area contributed by atoms with Crippen molar-refractivity contribution in [3.8, 4) is 0 Å². The highest BCUT2D eigenvalue weighted by Gasteiger charge is 2.13. The molecule has 1 aromatic heterocycles. The van der Waals surface area contributed by atoms with E-state index < -0.39 is 0 Å². The number of rotatable bonds is 6. The fraction of sp³-hybridized carbons (Fsp3) is 0.667. The Bertz CT molecular complexity index is 362. The third-order valence-electron chi connectivity index (χ3n) is 2.95. The summed E-state index contributed by atoms with van der Waals surface area (Å²) in [4.78, 5) is 13.9. The van der Waals surface area contributed by atoms with Crippen molar-refractivity contribution in [2.75, 3.05) is 20.1 Å². The van der Waals surface area contributed by atoms with Crippen molar-refractivity contribution in [2.45, 2.75) is 33.2 Å². The van der Waals surface area contributed by atoms with Crippen molar-refractivity contribution >= 4 is 5.91 Å². The quantitative estimate of drug-likeness (QED) is 0.813. The maximum absolute atomic E-state index is 11.7. The van der Waals surface area contributed by atoms with Gasteiger partial charge in [-0.05, 0) is 20.5 Å². The lowest BCUT2D eigenvalue weighted by molar-refractivity contribution is 0.0932. The second-order valence-electron chi connectivity index (χ2n) is 4.16. The highest BCUT2D eigenvalue weighted by atomic mass is 16.5. The lowest BCUT2D eigenvalue weighted by atomic mass is 10.2. The van der Waals surface area contributed by atoms with Gasteiger partial charge in [0, 0.05) is 25.1 Å². The van der Waals surface area contributed by atoms with Crippen LogP contribution in [0, 0.1) is 0 Å². The second-order valence-corrected chi connectivity index (χ2v) is 4.16. The molecule has 0 bridgehead atoms. The van der Waals surface area contributed by atoms with E-state index in [4.69, 9.17) is 4.52 Å². The van der Waals surface area contributed by atoms with Crippen LogP contribution in [0.4, 0.5) is 0 Å². The van der Waals surface area contributed by atoms with Crippen molar-refractivity contribution in [1.29, 1.82) is 0 Å². The monoisotopic (exact) mass is 239 g/mol. The van der Waals surface area contributed by atoms with E-state index in [-0.39, 0.29) is 5.91 Å². The molecule has 0 aliphatic carbocycles. The molecular weight excluding hydrogens is 218 g/mol. The highest BCUT2D eigenvalue weighted by Crippen LogP contribution is 2.04. The number of hydrogen-bond donors (Lipinski definition) is 1. The van der Waals surface area contributed by atoms with Crippen LogP contribution in [-0.4, -0.2) is 42.1 Å². The fourth-order valence-corrected chi connectivity index (χ4v) is 1.39. The van der Waals surface area contributed by atoms with Crippen molar-refractivity contribution in [1.82, 2.24) is 15.4 Å². The molecule has 0 aromatic carbocycles. The van der Waals surface area contributed by atoms with Gasteiger partial charge in [0.1, 0.15) is 5.76 Å². The standard InChI is InChI=1S/C12H21N3O2/c1-5-10-7-11(14-17-10)12(16)13-8-9(3)15(4)6-2/h7,9H,5-6,8H2,1-4H3,(H,13,16). The van der Waals surface area contributed by atoms with Gasteiger partial charge >= 0.3 is 0 Å². The van der Waals surface area contributed by atoms with Gasteiger partial charge in [-0.2, -0.15) is 0 Å². The Kier molecular flexibility index (Phi) is 5.15. The van der Waals surface area contributed by atoms with Gasteiger partial charge in [-0.1, -0.05) is 19.0 Å². The predicted octanol–water partition coefficient (Wildman–Crippen LogP) is 1.31. The normalized spacial score (nSPS) is 12.8.